The Kier molecular flexibility index (Phi) is 8.91. The van der Waals surface area contributed by atoms with Crippen LogP contribution in [0.4, 0.5) is 4.39 Å². The van der Waals surface area contributed by atoms with Crippen molar-refractivity contribution < 1.29 is 9.13 Å². The van der Waals surface area contributed by atoms with E-state index in [4.69, 9.17) is 4.74 Å². The molecule has 2 aromatic rings. The van der Waals surface area contributed by atoms with E-state index >= 15 is 0 Å². The third-order valence-electron chi connectivity index (χ3n) is 3.85. The first kappa shape index (κ1) is 21.0. The molecule has 0 radical (unpaired) electrons. The number of halogens is 1. The van der Waals surface area contributed by atoms with Gasteiger partial charge in [-0.3, -0.25) is 4.99 Å². The second kappa shape index (κ2) is 11.4. The van der Waals surface area contributed by atoms with Gasteiger partial charge in [0, 0.05) is 38.2 Å². The van der Waals surface area contributed by atoms with Gasteiger partial charge in [-0.25, -0.2) is 9.37 Å². The van der Waals surface area contributed by atoms with Crippen molar-refractivity contribution in [1.82, 2.24) is 15.6 Å². The Bertz CT molecular complexity index is 737. The first-order valence-electron chi connectivity index (χ1n) is 8.94. The monoisotopic (exact) mass is 390 g/mol. The molecule has 0 unspecified atom stereocenters. The number of ether oxygens (including phenoxy) is 1. The maximum atomic E-state index is 13.5. The Morgan fingerprint density at radius 3 is 2.67 bits per heavy atom. The fourth-order valence-electron chi connectivity index (χ4n) is 2.45. The van der Waals surface area contributed by atoms with Crippen molar-refractivity contribution in [2.45, 2.75) is 32.2 Å². The molecule has 2 N–H and O–H groups in total. The van der Waals surface area contributed by atoms with Crippen molar-refractivity contribution in [2.75, 3.05) is 19.9 Å². The van der Waals surface area contributed by atoms with Gasteiger partial charge >= 0.3 is 0 Å². The first-order valence-corrected chi connectivity index (χ1v) is 10.3. The standard InChI is InChI=1S/C20H27FN4OS/c1-4-9-26-19-8-5-15(11-23-19)12-24-20(22-2)25-13-16-6-7-18(21)10-17(16)14-27-3/h5-8,10-11H,4,9,12-14H2,1-3H3,(H2,22,24,25). The highest BCUT2D eigenvalue weighted by molar-refractivity contribution is 7.97. The lowest BCUT2D eigenvalue weighted by Gasteiger charge is -2.14. The van der Waals surface area contributed by atoms with Gasteiger partial charge in [-0.2, -0.15) is 11.8 Å². The van der Waals surface area contributed by atoms with Gasteiger partial charge in [-0.1, -0.05) is 19.1 Å². The minimum absolute atomic E-state index is 0.204. The van der Waals surface area contributed by atoms with Gasteiger partial charge in [-0.15, -0.1) is 0 Å². The number of hydrogen-bond acceptors (Lipinski definition) is 4. The van der Waals surface area contributed by atoms with Crippen LogP contribution < -0.4 is 15.4 Å². The molecule has 27 heavy (non-hydrogen) atoms. The van der Waals surface area contributed by atoms with E-state index in [0.717, 1.165) is 28.9 Å². The van der Waals surface area contributed by atoms with Crippen molar-refractivity contribution in [3.63, 3.8) is 0 Å². The minimum Gasteiger partial charge on any atom is -0.478 e. The molecule has 0 aliphatic rings. The molecule has 0 aliphatic carbocycles. The van der Waals surface area contributed by atoms with Crippen LogP contribution in [0.2, 0.25) is 0 Å². The summed E-state index contributed by atoms with van der Waals surface area (Å²) in [7, 11) is 1.72. The van der Waals surface area contributed by atoms with Crippen molar-refractivity contribution in [1.29, 1.82) is 0 Å². The fraction of sp³-hybridized carbons (Fsp3) is 0.400. The van der Waals surface area contributed by atoms with Gasteiger partial charge in [0.25, 0.3) is 0 Å². The molecule has 7 heteroatoms. The molecule has 146 valence electrons. The van der Waals surface area contributed by atoms with Crippen LogP contribution in [0.1, 0.15) is 30.0 Å². The van der Waals surface area contributed by atoms with E-state index in [1.54, 1.807) is 31.1 Å². The zero-order chi connectivity index (χ0) is 19.5. The average Bonchev–Trinajstić information content (AvgIpc) is 2.69. The van der Waals surface area contributed by atoms with E-state index in [1.165, 1.54) is 6.07 Å². The molecule has 0 fully saturated rings. The third kappa shape index (κ3) is 7.09. The minimum atomic E-state index is -0.204. The molecule has 0 saturated heterocycles. The summed E-state index contributed by atoms with van der Waals surface area (Å²) in [5.41, 5.74) is 3.09. The lowest BCUT2D eigenvalue weighted by molar-refractivity contribution is 0.305. The number of hydrogen-bond donors (Lipinski definition) is 2. The van der Waals surface area contributed by atoms with Gasteiger partial charge < -0.3 is 15.4 Å². The Morgan fingerprint density at radius 2 is 2.00 bits per heavy atom. The van der Waals surface area contributed by atoms with Crippen LogP contribution in [0.3, 0.4) is 0 Å². The van der Waals surface area contributed by atoms with Gasteiger partial charge in [-0.05, 0) is 41.5 Å². The molecule has 2 rings (SSSR count). The smallest absolute Gasteiger partial charge is 0.213 e. The normalized spacial score (nSPS) is 11.3. The van der Waals surface area contributed by atoms with Gasteiger partial charge in [0.2, 0.25) is 5.88 Å². The fourth-order valence-corrected chi connectivity index (χ4v) is 3.03. The van der Waals surface area contributed by atoms with E-state index < -0.39 is 0 Å². The van der Waals surface area contributed by atoms with Crippen LogP contribution in [-0.2, 0) is 18.8 Å². The molecule has 0 bridgehead atoms. The van der Waals surface area contributed by atoms with E-state index in [9.17, 15) is 4.39 Å². The van der Waals surface area contributed by atoms with E-state index in [1.807, 2.05) is 24.5 Å². The predicted octanol–water partition coefficient (Wildman–Crippen LogP) is 3.74. The van der Waals surface area contributed by atoms with Gasteiger partial charge in [0.1, 0.15) is 5.82 Å². The molecule has 1 aromatic heterocycles. The van der Waals surface area contributed by atoms with Crippen LogP contribution in [0.15, 0.2) is 41.5 Å². The summed E-state index contributed by atoms with van der Waals surface area (Å²) in [6.45, 7) is 3.91. The molecule has 1 aromatic carbocycles. The molecular formula is C20H27FN4OS. The van der Waals surface area contributed by atoms with Crippen LogP contribution in [-0.4, -0.2) is 30.9 Å². The van der Waals surface area contributed by atoms with Crippen LogP contribution in [0, 0.1) is 5.82 Å². The average molecular weight is 391 g/mol. The summed E-state index contributed by atoms with van der Waals surface area (Å²) in [6.07, 6.45) is 4.76. The molecular weight excluding hydrogens is 363 g/mol. The first-order chi connectivity index (χ1) is 13.2. The number of nitrogens with zero attached hydrogens (tertiary/aromatic N) is 2. The number of rotatable bonds is 9. The van der Waals surface area contributed by atoms with Crippen molar-refractivity contribution in [3.8, 4) is 5.88 Å². The van der Waals surface area contributed by atoms with E-state index in [0.29, 0.717) is 31.5 Å². The maximum absolute atomic E-state index is 13.5. The Labute approximate surface area is 164 Å². The summed E-state index contributed by atoms with van der Waals surface area (Å²) in [5, 5.41) is 6.54. The van der Waals surface area contributed by atoms with E-state index in [-0.39, 0.29) is 5.82 Å². The molecule has 0 spiro atoms. The van der Waals surface area contributed by atoms with Crippen molar-refractivity contribution in [2.24, 2.45) is 4.99 Å². The number of aromatic nitrogens is 1. The lowest BCUT2D eigenvalue weighted by Crippen LogP contribution is -2.36. The number of benzene rings is 1. The highest BCUT2D eigenvalue weighted by Crippen LogP contribution is 2.16. The highest BCUT2D eigenvalue weighted by atomic mass is 32.2. The zero-order valence-corrected chi connectivity index (χ0v) is 16.9. The second-order valence-corrected chi connectivity index (χ2v) is 6.84. The maximum Gasteiger partial charge on any atom is 0.213 e. The Balaban J connectivity index is 1.87. The SMILES string of the molecule is CCCOc1ccc(CNC(=NC)NCc2ccc(F)cc2CSC)cn1. The predicted molar refractivity (Wildman–Crippen MR) is 111 cm³/mol. The Hall–Kier alpha value is -2.28. The molecule has 0 atom stereocenters. The number of guanidine groups is 1. The summed E-state index contributed by atoms with van der Waals surface area (Å²) in [6, 6.07) is 8.76. The zero-order valence-electron chi connectivity index (χ0n) is 16.1. The number of thioether (sulfide) groups is 1. The molecule has 5 nitrogen and oxygen atoms in total. The number of pyridine rings is 1. The van der Waals surface area contributed by atoms with Gasteiger partial charge in [0.05, 0.1) is 6.61 Å². The molecule has 0 saturated carbocycles. The molecule has 0 amide bonds. The molecule has 1 heterocycles. The van der Waals surface area contributed by atoms with Crippen LogP contribution >= 0.6 is 11.8 Å². The largest absolute Gasteiger partial charge is 0.478 e. The quantitative estimate of drug-likeness (QED) is 0.505. The van der Waals surface area contributed by atoms with Gasteiger partial charge in [0.15, 0.2) is 5.96 Å². The van der Waals surface area contributed by atoms with Crippen molar-refractivity contribution >= 4 is 17.7 Å². The third-order valence-corrected chi connectivity index (χ3v) is 4.45. The summed E-state index contributed by atoms with van der Waals surface area (Å²) < 4.78 is 18.9. The lowest BCUT2D eigenvalue weighted by atomic mass is 10.1. The van der Waals surface area contributed by atoms with Crippen molar-refractivity contribution in [3.05, 3.63) is 59.0 Å². The van der Waals surface area contributed by atoms with E-state index in [2.05, 4.69) is 27.5 Å². The highest BCUT2D eigenvalue weighted by Gasteiger charge is 2.06. The summed E-state index contributed by atoms with van der Waals surface area (Å²) in [5.74, 6) is 1.89. The van der Waals surface area contributed by atoms with Crippen LogP contribution in [0.5, 0.6) is 5.88 Å². The summed E-state index contributed by atoms with van der Waals surface area (Å²) >= 11 is 1.67. The number of aliphatic imine (C=N–C) groups is 1. The Morgan fingerprint density at radius 1 is 1.19 bits per heavy atom. The number of nitrogens with one attached hydrogen (secondary N) is 2. The second-order valence-electron chi connectivity index (χ2n) is 5.98. The van der Waals surface area contributed by atoms with Crippen LogP contribution in [0.25, 0.3) is 0 Å². The topological polar surface area (TPSA) is 58.5 Å². The molecule has 0 aliphatic heterocycles. The summed E-state index contributed by atoms with van der Waals surface area (Å²) in [4.78, 5) is 8.53.